The van der Waals surface area contributed by atoms with Gasteiger partial charge in [0.25, 0.3) is 5.56 Å². The van der Waals surface area contributed by atoms with Crippen LogP contribution in [0, 0.1) is 0 Å². The Morgan fingerprint density at radius 1 is 1.32 bits per heavy atom. The van der Waals surface area contributed by atoms with Crippen molar-refractivity contribution < 1.29 is 5.11 Å². The van der Waals surface area contributed by atoms with E-state index in [-0.39, 0.29) is 17.0 Å². The number of rotatable bonds is 3. The van der Waals surface area contributed by atoms with Crippen molar-refractivity contribution in [2.75, 3.05) is 14.1 Å². The quantitative estimate of drug-likeness (QED) is 0.906. The minimum atomic E-state index is -0.341. The Balaban J connectivity index is 2.48. The first-order valence-corrected chi connectivity index (χ1v) is 6.49. The lowest BCUT2D eigenvalue weighted by molar-refractivity contribution is 0.381. The van der Waals surface area contributed by atoms with E-state index in [9.17, 15) is 9.90 Å². The van der Waals surface area contributed by atoms with Crippen molar-refractivity contribution in [3.05, 3.63) is 44.9 Å². The Labute approximate surface area is 119 Å². The molecule has 0 radical (unpaired) electrons. The second-order valence-electron chi connectivity index (χ2n) is 4.46. The van der Waals surface area contributed by atoms with Crippen LogP contribution >= 0.6 is 15.9 Å². The van der Waals surface area contributed by atoms with Crippen molar-refractivity contribution in [1.82, 2.24) is 14.9 Å². The summed E-state index contributed by atoms with van der Waals surface area (Å²) in [7, 11) is 3.72. The molecule has 1 aromatic heterocycles. The summed E-state index contributed by atoms with van der Waals surface area (Å²) >= 11 is 3.32. The largest absolute Gasteiger partial charge is 0.493 e. The zero-order valence-corrected chi connectivity index (χ0v) is 12.2. The third-order valence-corrected chi connectivity index (χ3v) is 3.08. The van der Waals surface area contributed by atoms with Crippen LogP contribution in [0.2, 0.25) is 0 Å². The zero-order valence-electron chi connectivity index (χ0n) is 10.6. The van der Waals surface area contributed by atoms with Crippen LogP contribution in [0.4, 0.5) is 0 Å². The van der Waals surface area contributed by atoms with Crippen LogP contribution in [0.1, 0.15) is 5.82 Å². The van der Waals surface area contributed by atoms with Crippen molar-refractivity contribution >= 4 is 15.9 Å². The third kappa shape index (κ3) is 3.21. The van der Waals surface area contributed by atoms with E-state index < -0.39 is 0 Å². The number of aromatic hydroxyl groups is 1. The lowest BCUT2D eigenvalue weighted by Crippen LogP contribution is -2.19. The number of aromatic amines is 1. The molecule has 0 aliphatic rings. The predicted molar refractivity (Wildman–Crippen MR) is 77.0 cm³/mol. The normalized spacial score (nSPS) is 10.9. The van der Waals surface area contributed by atoms with Crippen molar-refractivity contribution in [2.24, 2.45) is 0 Å². The average Bonchev–Trinajstić information content (AvgIpc) is 2.29. The summed E-state index contributed by atoms with van der Waals surface area (Å²) in [5.74, 6) is 0.191. The maximum Gasteiger partial charge on any atom is 0.262 e. The van der Waals surface area contributed by atoms with Crippen molar-refractivity contribution in [1.29, 1.82) is 0 Å². The van der Waals surface area contributed by atoms with E-state index in [1.807, 2.05) is 31.1 Å². The van der Waals surface area contributed by atoms with E-state index in [0.717, 1.165) is 4.47 Å². The average molecular weight is 324 g/mol. The van der Waals surface area contributed by atoms with Gasteiger partial charge in [-0.25, -0.2) is 0 Å². The van der Waals surface area contributed by atoms with E-state index in [4.69, 9.17) is 0 Å². The highest BCUT2D eigenvalue weighted by atomic mass is 79.9. The highest BCUT2D eigenvalue weighted by Crippen LogP contribution is 2.24. The molecule has 0 atom stereocenters. The molecule has 0 aliphatic heterocycles. The van der Waals surface area contributed by atoms with Crippen molar-refractivity contribution in [3.63, 3.8) is 0 Å². The molecular formula is C13H14BrN3O2. The monoisotopic (exact) mass is 323 g/mol. The molecule has 0 saturated heterocycles. The minimum Gasteiger partial charge on any atom is -0.493 e. The van der Waals surface area contributed by atoms with Gasteiger partial charge in [-0.2, -0.15) is 4.98 Å². The molecule has 0 fully saturated rings. The van der Waals surface area contributed by atoms with Crippen molar-refractivity contribution in [2.45, 2.75) is 6.54 Å². The Bertz CT molecular complexity index is 635. The van der Waals surface area contributed by atoms with Crippen LogP contribution in [-0.4, -0.2) is 34.1 Å². The van der Waals surface area contributed by atoms with Crippen LogP contribution < -0.4 is 5.56 Å². The van der Waals surface area contributed by atoms with E-state index in [0.29, 0.717) is 17.9 Å². The molecule has 0 saturated carbocycles. The standard InChI is InChI=1S/C13H14BrN3O2/c1-17(2)7-10-15-12(18)11(13(19)16-10)8-3-5-9(14)6-4-8/h3-6H,7H2,1-2H3,(H2,15,16,18,19). The topological polar surface area (TPSA) is 69.2 Å². The summed E-state index contributed by atoms with van der Waals surface area (Å²) in [6, 6.07) is 7.12. The SMILES string of the molecule is CN(C)Cc1nc(O)c(-c2ccc(Br)cc2)c(=O)[nH]1. The van der Waals surface area contributed by atoms with Crippen LogP contribution in [0.3, 0.4) is 0 Å². The predicted octanol–water partition coefficient (Wildman–Crippen LogP) is 1.97. The smallest absolute Gasteiger partial charge is 0.262 e. The summed E-state index contributed by atoms with van der Waals surface area (Å²) in [6.45, 7) is 0.462. The second kappa shape index (κ2) is 5.54. The number of halogens is 1. The fourth-order valence-electron chi connectivity index (χ4n) is 1.76. The van der Waals surface area contributed by atoms with E-state index in [1.165, 1.54) is 0 Å². The van der Waals surface area contributed by atoms with Crippen LogP contribution in [0.15, 0.2) is 33.5 Å². The van der Waals surface area contributed by atoms with Gasteiger partial charge in [-0.15, -0.1) is 0 Å². The summed E-state index contributed by atoms with van der Waals surface area (Å²) < 4.78 is 0.907. The van der Waals surface area contributed by atoms with E-state index in [1.54, 1.807) is 12.1 Å². The first-order chi connectivity index (χ1) is 8.97. The van der Waals surface area contributed by atoms with Crippen LogP contribution in [0.5, 0.6) is 5.88 Å². The molecule has 1 heterocycles. The van der Waals surface area contributed by atoms with Gasteiger partial charge in [0.1, 0.15) is 11.4 Å². The van der Waals surface area contributed by atoms with Gasteiger partial charge >= 0.3 is 0 Å². The van der Waals surface area contributed by atoms with E-state index in [2.05, 4.69) is 25.9 Å². The number of nitrogens with one attached hydrogen (secondary N) is 1. The Morgan fingerprint density at radius 2 is 1.95 bits per heavy atom. The first kappa shape index (κ1) is 13.8. The molecule has 2 N–H and O–H groups in total. The summed E-state index contributed by atoms with van der Waals surface area (Å²) in [5.41, 5.74) is 0.479. The fraction of sp³-hybridized carbons (Fsp3) is 0.231. The number of nitrogens with zero attached hydrogens (tertiary/aromatic N) is 2. The van der Waals surface area contributed by atoms with Crippen molar-refractivity contribution in [3.8, 4) is 17.0 Å². The fourth-order valence-corrected chi connectivity index (χ4v) is 2.02. The molecule has 5 nitrogen and oxygen atoms in total. The number of hydrogen-bond donors (Lipinski definition) is 2. The summed E-state index contributed by atoms with van der Waals surface area (Å²) in [4.78, 5) is 20.6. The lowest BCUT2D eigenvalue weighted by atomic mass is 10.1. The maximum atomic E-state index is 12.0. The molecule has 0 amide bonds. The zero-order chi connectivity index (χ0) is 14.0. The number of hydrogen-bond acceptors (Lipinski definition) is 4. The van der Waals surface area contributed by atoms with Gasteiger partial charge in [-0.05, 0) is 31.8 Å². The van der Waals surface area contributed by atoms with E-state index >= 15 is 0 Å². The molecule has 0 unspecified atom stereocenters. The van der Waals surface area contributed by atoms with Gasteiger partial charge in [0.05, 0.1) is 6.54 Å². The molecule has 0 spiro atoms. The highest BCUT2D eigenvalue weighted by Gasteiger charge is 2.13. The molecule has 6 heteroatoms. The van der Waals surface area contributed by atoms with Gasteiger partial charge in [0.2, 0.25) is 5.88 Å². The number of benzene rings is 1. The Kier molecular flexibility index (Phi) is 4.01. The molecule has 2 aromatic rings. The second-order valence-corrected chi connectivity index (χ2v) is 5.37. The van der Waals surface area contributed by atoms with Gasteiger partial charge < -0.3 is 15.0 Å². The number of aromatic nitrogens is 2. The molecule has 19 heavy (non-hydrogen) atoms. The summed E-state index contributed by atoms with van der Waals surface area (Å²) in [6.07, 6.45) is 0. The number of H-pyrrole nitrogens is 1. The third-order valence-electron chi connectivity index (χ3n) is 2.55. The van der Waals surface area contributed by atoms with Gasteiger partial charge in [0, 0.05) is 4.47 Å². The molecule has 0 bridgehead atoms. The molecule has 1 aromatic carbocycles. The summed E-state index contributed by atoms with van der Waals surface area (Å²) in [5, 5.41) is 9.95. The Hall–Kier alpha value is -1.66. The molecular weight excluding hydrogens is 310 g/mol. The molecule has 2 rings (SSSR count). The maximum absolute atomic E-state index is 12.0. The molecule has 0 aliphatic carbocycles. The lowest BCUT2D eigenvalue weighted by Gasteiger charge is -2.10. The molecule has 100 valence electrons. The highest BCUT2D eigenvalue weighted by molar-refractivity contribution is 9.10. The van der Waals surface area contributed by atoms with Crippen LogP contribution in [-0.2, 0) is 6.54 Å². The first-order valence-electron chi connectivity index (χ1n) is 5.70. The van der Waals surface area contributed by atoms with Gasteiger partial charge in [-0.3, -0.25) is 4.79 Å². The minimum absolute atomic E-state index is 0.190. The van der Waals surface area contributed by atoms with Crippen LogP contribution in [0.25, 0.3) is 11.1 Å². The Morgan fingerprint density at radius 3 is 2.47 bits per heavy atom. The van der Waals surface area contributed by atoms with Gasteiger partial charge in [0.15, 0.2) is 0 Å². The van der Waals surface area contributed by atoms with Gasteiger partial charge in [-0.1, -0.05) is 28.1 Å².